The predicted octanol–water partition coefficient (Wildman–Crippen LogP) is 2.83. The maximum atomic E-state index is 12.9. The SMILES string of the molecule is NCCc1c(Oc2ccc(F)cc2)nc2sccn12. The summed E-state index contributed by atoms with van der Waals surface area (Å²) in [5, 5.41) is 1.96. The van der Waals surface area contributed by atoms with Gasteiger partial charge in [-0.25, -0.2) is 4.39 Å². The van der Waals surface area contributed by atoms with Gasteiger partial charge in [0.1, 0.15) is 11.6 Å². The number of halogens is 1. The molecule has 0 unspecified atom stereocenters. The maximum Gasteiger partial charge on any atom is 0.242 e. The highest BCUT2D eigenvalue weighted by Crippen LogP contribution is 2.28. The molecule has 2 aromatic heterocycles. The molecule has 2 N–H and O–H groups in total. The molecule has 0 atom stereocenters. The van der Waals surface area contributed by atoms with Gasteiger partial charge in [0, 0.05) is 18.0 Å². The second-order valence-electron chi connectivity index (χ2n) is 4.01. The molecule has 98 valence electrons. The van der Waals surface area contributed by atoms with Crippen molar-refractivity contribution in [2.24, 2.45) is 5.73 Å². The van der Waals surface area contributed by atoms with Gasteiger partial charge in [-0.3, -0.25) is 4.40 Å². The topological polar surface area (TPSA) is 52.5 Å². The zero-order valence-corrected chi connectivity index (χ0v) is 10.9. The normalized spacial score (nSPS) is 11.1. The molecule has 0 saturated carbocycles. The molecule has 1 aromatic carbocycles. The molecule has 0 spiro atoms. The summed E-state index contributed by atoms with van der Waals surface area (Å²) < 4.78 is 20.5. The molecular weight excluding hydrogens is 265 g/mol. The summed E-state index contributed by atoms with van der Waals surface area (Å²) in [6, 6.07) is 5.87. The van der Waals surface area contributed by atoms with Crippen LogP contribution in [0.2, 0.25) is 0 Å². The number of nitrogens with two attached hydrogens (primary N) is 1. The van der Waals surface area contributed by atoms with E-state index in [1.165, 1.54) is 23.5 Å². The fourth-order valence-electron chi connectivity index (χ4n) is 1.87. The van der Waals surface area contributed by atoms with Crippen LogP contribution in [0.1, 0.15) is 5.69 Å². The van der Waals surface area contributed by atoms with E-state index in [-0.39, 0.29) is 5.82 Å². The fourth-order valence-corrected chi connectivity index (χ4v) is 2.60. The molecule has 0 aliphatic heterocycles. The van der Waals surface area contributed by atoms with E-state index in [2.05, 4.69) is 4.98 Å². The Morgan fingerprint density at radius 1 is 1.32 bits per heavy atom. The lowest BCUT2D eigenvalue weighted by atomic mass is 10.3. The second-order valence-corrected chi connectivity index (χ2v) is 4.89. The van der Waals surface area contributed by atoms with Gasteiger partial charge in [-0.2, -0.15) is 4.98 Å². The van der Waals surface area contributed by atoms with Crippen LogP contribution in [-0.2, 0) is 6.42 Å². The third kappa shape index (κ3) is 2.32. The summed E-state index contributed by atoms with van der Waals surface area (Å²) in [7, 11) is 0. The Kier molecular flexibility index (Phi) is 3.18. The molecule has 0 aliphatic rings. The minimum Gasteiger partial charge on any atom is -0.437 e. The third-order valence-electron chi connectivity index (χ3n) is 2.73. The van der Waals surface area contributed by atoms with Crippen LogP contribution >= 0.6 is 11.3 Å². The van der Waals surface area contributed by atoms with E-state index in [1.54, 1.807) is 12.1 Å². The Morgan fingerprint density at radius 2 is 2.11 bits per heavy atom. The average Bonchev–Trinajstić information content (AvgIpc) is 2.96. The standard InChI is InChI=1S/C13H12FN3OS/c14-9-1-3-10(4-2-9)18-12-11(5-6-15)17-7-8-19-13(17)16-12/h1-4,7-8H,5-6,15H2. The van der Waals surface area contributed by atoms with Gasteiger partial charge in [-0.05, 0) is 30.8 Å². The van der Waals surface area contributed by atoms with E-state index in [0.29, 0.717) is 24.6 Å². The minimum absolute atomic E-state index is 0.291. The first-order valence-electron chi connectivity index (χ1n) is 5.86. The number of aromatic nitrogens is 2. The highest BCUT2D eigenvalue weighted by atomic mass is 32.1. The molecule has 19 heavy (non-hydrogen) atoms. The lowest BCUT2D eigenvalue weighted by Crippen LogP contribution is -2.05. The number of thiazole rings is 1. The minimum atomic E-state index is -0.291. The highest BCUT2D eigenvalue weighted by Gasteiger charge is 2.14. The molecule has 6 heteroatoms. The van der Waals surface area contributed by atoms with Crippen molar-refractivity contribution in [2.75, 3.05) is 6.54 Å². The van der Waals surface area contributed by atoms with Crippen molar-refractivity contribution in [2.45, 2.75) is 6.42 Å². The van der Waals surface area contributed by atoms with Crippen molar-refractivity contribution >= 4 is 16.3 Å². The van der Waals surface area contributed by atoms with Gasteiger partial charge in [0.2, 0.25) is 5.88 Å². The summed E-state index contributed by atoms with van der Waals surface area (Å²) in [6.07, 6.45) is 2.62. The molecule has 3 aromatic rings. The van der Waals surface area contributed by atoms with Crippen LogP contribution in [-0.4, -0.2) is 15.9 Å². The van der Waals surface area contributed by atoms with Crippen LogP contribution < -0.4 is 10.5 Å². The van der Waals surface area contributed by atoms with E-state index < -0.39 is 0 Å². The Balaban J connectivity index is 1.97. The molecule has 0 bridgehead atoms. The Labute approximate surface area is 113 Å². The average molecular weight is 277 g/mol. The monoisotopic (exact) mass is 277 g/mol. The zero-order chi connectivity index (χ0) is 13.2. The van der Waals surface area contributed by atoms with Crippen LogP contribution in [0.3, 0.4) is 0 Å². The Bertz CT molecular complexity index is 690. The van der Waals surface area contributed by atoms with E-state index in [1.807, 2.05) is 16.0 Å². The number of rotatable bonds is 4. The van der Waals surface area contributed by atoms with Crippen LogP contribution in [0.5, 0.6) is 11.6 Å². The predicted molar refractivity (Wildman–Crippen MR) is 72.3 cm³/mol. The van der Waals surface area contributed by atoms with Crippen LogP contribution in [0.15, 0.2) is 35.8 Å². The van der Waals surface area contributed by atoms with Crippen molar-refractivity contribution in [3.63, 3.8) is 0 Å². The first-order valence-corrected chi connectivity index (χ1v) is 6.74. The van der Waals surface area contributed by atoms with E-state index >= 15 is 0 Å². The van der Waals surface area contributed by atoms with Crippen molar-refractivity contribution in [3.05, 3.63) is 47.4 Å². The van der Waals surface area contributed by atoms with Crippen LogP contribution in [0.4, 0.5) is 4.39 Å². The van der Waals surface area contributed by atoms with Crippen LogP contribution in [0.25, 0.3) is 4.96 Å². The highest BCUT2D eigenvalue weighted by molar-refractivity contribution is 7.15. The molecule has 0 radical (unpaired) electrons. The molecule has 0 saturated heterocycles. The summed E-state index contributed by atoms with van der Waals surface area (Å²) in [5.74, 6) is 0.801. The second kappa shape index (κ2) is 4.99. The van der Waals surface area contributed by atoms with E-state index in [0.717, 1.165) is 10.7 Å². The van der Waals surface area contributed by atoms with Crippen molar-refractivity contribution < 1.29 is 9.13 Å². The van der Waals surface area contributed by atoms with Gasteiger partial charge >= 0.3 is 0 Å². The molecule has 3 rings (SSSR count). The molecular formula is C13H12FN3OS. The number of fused-ring (bicyclic) bond motifs is 1. The van der Waals surface area contributed by atoms with Gasteiger partial charge in [0.25, 0.3) is 0 Å². The zero-order valence-electron chi connectivity index (χ0n) is 10.0. The lowest BCUT2D eigenvalue weighted by molar-refractivity contribution is 0.457. The number of hydrogen-bond donors (Lipinski definition) is 1. The van der Waals surface area contributed by atoms with Gasteiger partial charge < -0.3 is 10.5 Å². The molecule has 0 amide bonds. The Morgan fingerprint density at radius 3 is 2.84 bits per heavy atom. The number of hydrogen-bond acceptors (Lipinski definition) is 4. The molecule has 4 nitrogen and oxygen atoms in total. The smallest absolute Gasteiger partial charge is 0.242 e. The van der Waals surface area contributed by atoms with Crippen molar-refractivity contribution in [1.82, 2.24) is 9.38 Å². The van der Waals surface area contributed by atoms with Gasteiger partial charge in [-0.1, -0.05) is 0 Å². The number of nitrogens with zero attached hydrogens (tertiary/aromatic N) is 2. The van der Waals surface area contributed by atoms with Gasteiger partial charge in [0.15, 0.2) is 4.96 Å². The first-order chi connectivity index (χ1) is 9.28. The summed E-state index contributed by atoms with van der Waals surface area (Å²) in [6.45, 7) is 0.517. The van der Waals surface area contributed by atoms with E-state index in [9.17, 15) is 4.39 Å². The summed E-state index contributed by atoms with van der Waals surface area (Å²) >= 11 is 1.53. The third-order valence-corrected chi connectivity index (χ3v) is 3.49. The number of ether oxygens (including phenoxy) is 1. The van der Waals surface area contributed by atoms with Crippen molar-refractivity contribution in [3.8, 4) is 11.6 Å². The largest absolute Gasteiger partial charge is 0.437 e. The number of benzene rings is 1. The molecule has 2 heterocycles. The molecule has 0 fully saturated rings. The Hall–Kier alpha value is -1.92. The molecule has 0 aliphatic carbocycles. The fraction of sp³-hybridized carbons (Fsp3) is 0.154. The summed E-state index contributed by atoms with van der Waals surface area (Å²) in [5.41, 5.74) is 6.55. The first kappa shape index (κ1) is 12.1. The summed E-state index contributed by atoms with van der Waals surface area (Å²) in [4.78, 5) is 5.28. The maximum absolute atomic E-state index is 12.9. The van der Waals surface area contributed by atoms with Gasteiger partial charge in [0.05, 0.1) is 5.69 Å². The number of imidazole rings is 1. The lowest BCUT2D eigenvalue weighted by Gasteiger charge is -2.05. The van der Waals surface area contributed by atoms with E-state index in [4.69, 9.17) is 10.5 Å². The van der Waals surface area contributed by atoms with Crippen molar-refractivity contribution in [1.29, 1.82) is 0 Å². The van der Waals surface area contributed by atoms with Crippen LogP contribution in [0, 0.1) is 5.82 Å². The van der Waals surface area contributed by atoms with Gasteiger partial charge in [-0.15, -0.1) is 11.3 Å². The quantitative estimate of drug-likeness (QED) is 0.797.